The van der Waals surface area contributed by atoms with Crippen LogP contribution in [0.15, 0.2) is 42.7 Å². The van der Waals surface area contributed by atoms with Crippen LogP contribution in [0.5, 0.6) is 11.6 Å². The van der Waals surface area contributed by atoms with Crippen molar-refractivity contribution in [1.29, 1.82) is 0 Å². The standard InChI is InChI=1S/C22H21ClFN5O3/c1-14-11-18(12-15(2)19(14)23)32-22-20(29(30)31)21(25-13-26-22)28-9-7-27(8-10-28)17-5-3-16(24)4-6-17/h3-6,11-13H,7-10H2,1-2H3. The molecule has 1 saturated heterocycles. The molecule has 2 aromatic carbocycles. The molecule has 0 atom stereocenters. The van der Waals surface area contributed by atoms with Crippen LogP contribution >= 0.6 is 11.6 Å². The van der Waals surface area contributed by atoms with Crippen LogP contribution in [0.25, 0.3) is 0 Å². The summed E-state index contributed by atoms with van der Waals surface area (Å²) in [6, 6.07) is 9.70. The summed E-state index contributed by atoms with van der Waals surface area (Å²) in [5.74, 6) is 0.212. The number of halogens is 2. The number of benzene rings is 2. The van der Waals surface area contributed by atoms with E-state index in [0.717, 1.165) is 16.8 Å². The molecule has 0 N–H and O–H groups in total. The van der Waals surface area contributed by atoms with E-state index < -0.39 is 4.92 Å². The molecular formula is C22H21ClFN5O3. The van der Waals surface area contributed by atoms with E-state index >= 15 is 0 Å². The van der Waals surface area contributed by atoms with E-state index in [0.29, 0.717) is 37.0 Å². The number of aryl methyl sites for hydroxylation is 2. The van der Waals surface area contributed by atoms with Crippen LogP contribution in [0.4, 0.5) is 21.6 Å². The quantitative estimate of drug-likeness (QED) is 0.397. The van der Waals surface area contributed by atoms with E-state index in [1.54, 1.807) is 24.3 Å². The maximum absolute atomic E-state index is 13.2. The number of hydrogen-bond donors (Lipinski definition) is 0. The van der Waals surface area contributed by atoms with Crippen molar-refractivity contribution in [3.05, 3.63) is 74.8 Å². The van der Waals surface area contributed by atoms with E-state index in [1.165, 1.54) is 18.5 Å². The summed E-state index contributed by atoms with van der Waals surface area (Å²) in [6.45, 7) is 5.91. The zero-order valence-corrected chi connectivity index (χ0v) is 18.3. The first-order chi connectivity index (χ1) is 15.3. The Hall–Kier alpha value is -3.46. The molecule has 1 aliphatic heterocycles. The zero-order valence-electron chi connectivity index (χ0n) is 17.6. The Morgan fingerprint density at radius 3 is 2.22 bits per heavy atom. The van der Waals surface area contributed by atoms with Gasteiger partial charge in [0.25, 0.3) is 0 Å². The Kier molecular flexibility index (Phi) is 6.09. The predicted molar refractivity (Wildman–Crippen MR) is 121 cm³/mol. The van der Waals surface area contributed by atoms with Crippen molar-refractivity contribution >= 4 is 28.8 Å². The number of aromatic nitrogens is 2. The maximum Gasteiger partial charge on any atom is 0.373 e. The molecule has 1 aromatic heterocycles. The molecule has 8 nitrogen and oxygen atoms in total. The number of piperazine rings is 1. The van der Waals surface area contributed by atoms with Crippen LogP contribution in [0, 0.1) is 29.8 Å². The first-order valence-electron chi connectivity index (χ1n) is 10.0. The summed E-state index contributed by atoms with van der Waals surface area (Å²) >= 11 is 6.21. The van der Waals surface area contributed by atoms with Crippen LogP contribution in [0.3, 0.4) is 0 Å². The average molecular weight is 458 g/mol. The highest BCUT2D eigenvalue weighted by molar-refractivity contribution is 6.32. The molecule has 0 radical (unpaired) electrons. The molecule has 4 rings (SSSR count). The second-order valence-corrected chi connectivity index (χ2v) is 7.91. The fourth-order valence-electron chi connectivity index (χ4n) is 3.72. The topological polar surface area (TPSA) is 84.6 Å². The third-order valence-electron chi connectivity index (χ3n) is 5.35. The highest BCUT2D eigenvalue weighted by Crippen LogP contribution is 2.37. The van der Waals surface area contributed by atoms with Crippen molar-refractivity contribution < 1.29 is 14.1 Å². The lowest BCUT2D eigenvalue weighted by molar-refractivity contribution is -0.385. The van der Waals surface area contributed by atoms with Gasteiger partial charge in [0.1, 0.15) is 17.9 Å². The van der Waals surface area contributed by atoms with Crippen molar-refractivity contribution in [2.24, 2.45) is 0 Å². The van der Waals surface area contributed by atoms with Crippen LogP contribution < -0.4 is 14.5 Å². The van der Waals surface area contributed by atoms with Gasteiger partial charge in [-0.25, -0.2) is 9.37 Å². The first kappa shape index (κ1) is 21.8. The summed E-state index contributed by atoms with van der Waals surface area (Å²) < 4.78 is 19.0. The normalized spacial score (nSPS) is 13.9. The van der Waals surface area contributed by atoms with E-state index in [4.69, 9.17) is 16.3 Å². The maximum atomic E-state index is 13.2. The Morgan fingerprint density at radius 2 is 1.62 bits per heavy atom. The molecule has 32 heavy (non-hydrogen) atoms. The largest absolute Gasteiger partial charge is 0.434 e. The molecule has 2 heterocycles. The van der Waals surface area contributed by atoms with Gasteiger partial charge in [-0.2, -0.15) is 4.98 Å². The van der Waals surface area contributed by atoms with Crippen molar-refractivity contribution in [3.8, 4) is 11.6 Å². The van der Waals surface area contributed by atoms with E-state index in [-0.39, 0.29) is 23.2 Å². The monoisotopic (exact) mass is 457 g/mol. The van der Waals surface area contributed by atoms with Crippen LogP contribution in [-0.4, -0.2) is 41.1 Å². The number of rotatable bonds is 5. The molecule has 1 aliphatic rings. The third-order valence-corrected chi connectivity index (χ3v) is 5.94. The predicted octanol–water partition coefficient (Wildman–Crippen LogP) is 4.91. The molecular weight excluding hydrogens is 437 g/mol. The highest BCUT2D eigenvalue weighted by atomic mass is 35.5. The Balaban J connectivity index is 1.57. The lowest BCUT2D eigenvalue weighted by Crippen LogP contribution is -2.47. The Labute approximate surface area is 189 Å². The lowest BCUT2D eigenvalue weighted by Gasteiger charge is -2.36. The molecule has 0 bridgehead atoms. The molecule has 3 aromatic rings. The fourth-order valence-corrected chi connectivity index (χ4v) is 3.83. The number of anilines is 2. The Morgan fingerprint density at radius 1 is 1.03 bits per heavy atom. The van der Waals surface area contributed by atoms with E-state index in [2.05, 4.69) is 14.9 Å². The minimum Gasteiger partial charge on any atom is -0.434 e. The highest BCUT2D eigenvalue weighted by Gasteiger charge is 2.31. The minimum absolute atomic E-state index is 0.123. The number of nitro groups is 1. The van der Waals surface area contributed by atoms with Gasteiger partial charge in [-0.1, -0.05) is 11.6 Å². The molecule has 0 spiro atoms. The lowest BCUT2D eigenvalue weighted by atomic mass is 10.1. The van der Waals surface area contributed by atoms with Crippen LogP contribution in [0.1, 0.15) is 11.1 Å². The smallest absolute Gasteiger partial charge is 0.373 e. The fraction of sp³-hybridized carbons (Fsp3) is 0.273. The van der Waals surface area contributed by atoms with Crippen LogP contribution in [0.2, 0.25) is 5.02 Å². The zero-order chi connectivity index (χ0) is 22.8. The van der Waals surface area contributed by atoms with Gasteiger partial charge in [0.05, 0.1) is 4.92 Å². The van der Waals surface area contributed by atoms with Crippen LogP contribution in [-0.2, 0) is 0 Å². The van der Waals surface area contributed by atoms with Gasteiger partial charge >= 0.3 is 11.6 Å². The van der Waals surface area contributed by atoms with Gasteiger partial charge < -0.3 is 14.5 Å². The Bertz CT molecular complexity index is 1130. The molecule has 0 aliphatic carbocycles. The SMILES string of the molecule is Cc1cc(Oc2ncnc(N3CCN(c4ccc(F)cc4)CC3)c2[N+](=O)[O-])cc(C)c1Cl. The summed E-state index contributed by atoms with van der Waals surface area (Å²) in [5.41, 5.74) is 2.22. The first-order valence-corrected chi connectivity index (χ1v) is 10.4. The summed E-state index contributed by atoms with van der Waals surface area (Å²) in [5, 5.41) is 12.6. The number of hydrogen-bond acceptors (Lipinski definition) is 7. The van der Waals surface area contributed by atoms with Gasteiger partial charge in [-0.3, -0.25) is 10.1 Å². The summed E-state index contributed by atoms with van der Waals surface area (Å²) in [4.78, 5) is 23.6. The van der Waals surface area contributed by atoms with Crippen molar-refractivity contribution in [1.82, 2.24) is 9.97 Å². The number of nitrogens with zero attached hydrogens (tertiary/aromatic N) is 5. The second-order valence-electron chi connectivity index (χ2n) is 7.53. The van der Waals surface area contributed by atoms with Crippen molar-refractivity contribution in [3.63, 3.8) is 0 Å². The van der Waals surface area contributed by atoms with Crippen molar-refractivity contribution in [2.45, 2.75) is 13.8 Å². The van der Waals surface area contributed by atoms with Crippen molar-refractivity contribution in [2.75, 3.05) is 36.0 Å². The van der Waals surface area contributed by atoms with Gasteiger partial charge in [0, 0.05) is 36.9 Å². The van der Waals surface area contributed by atoms with E-state index in [9.17, 15) is 14.5 Å². The van der Waals surface area contributed by atoms with E-state index in [1.807, 2.05) is 18.7 Å². The molecule has 1 fully saturated rings. The average Bonchev–Trinajstić information content (AvgIpc) is 2.78. The number of ether oxygens (including phenoxy) is 1. The van der Waals surface area contributed by atoms with Gasteiger partial charge in [0.15, 0.2) is 0 Å². The van der Waals surface area contributed by atoms with Gasteiger partial charge in [-0.05, 0) is 61.4 Å². The molecule has 166 valence electrons. The second kappa shape index (κ2) is 8.96. The molecule has 0 unspecified atom stereocenters. The molecule has 0 saturated carbocycles. The van der Waals surface area contributed by atoms with Gasteiger partial charge in [0.2, 0.25) is 5.82 Å². The third kappa shape index (κ3) is 4.43. The minimum atomic E-state index is -0.521. The summed E-state index contributed by atoms with van der Waals surface area (Å²) in [7, 11) is 0. The molecule has 10 heteroatoms. The summed E-state index contributed by atoms with van der Waals surface area (Å²) in [6.07, 6.45) is 1.26. The van der Waals surface area contributed by atoms with Gasteiger partial charge in [-0.15, -0.1) is 0 Å². The molecule has 0 amide bonds.